The van der Waals surface area contributed by atoms with Gasteiger partial charge in [-0.05, 0) is 72.2 Å². The molecule has 0 unspecified atom stereocenters. The standard InChI is InChI=1S/C24H34O4S/c1-5-9-17-19(11-7-3)23(15-13-21(17)25)29(27,28)24-16-14-22(26)18(10-6-2)20(24)12-8-4/h13-16,25-26H,5-12H2,1-4H3. The number of phenols is 2. The molecule has 0 saturated carbocycles. The Morgan fingerprint density at radius 2 is 0.897 bits per heavy atom. The zero-order chi connectivity index (χ0) is 21.6. The molecule has 0 amide bonds. The van der Waals surface area contributed by atoms with Gasteiger partial charge in [-0.25, -0.2) is 8.42 Å². The predicted molar refractivity (Wildman–Crippen MR) is 118 cm³/mol. The van der Waals surface area contributed by atoms with Gasteiger partial charge >= 0.3 is 0 Å². The summed E-state index contributed by atoms with van der Waals surface area (Å²) < 4.78 is 27.6. The van der Waals surface area contributed by atoms with Crippen molar-refractivity contribution in [3.8, 4) is 11.5 Å². The summed E-state index contributed by atoms with van der Waals surface area (Å²) in [6.45, 7) is 8.07. The second-order valence-electron chi connectivity index (χ2n) is 7.58. The Balaban J connectivity index is 2.80. The summed E-state index contributed by atoms with van der Waals surface area (Å²) in [6, 6.07) is 6.08. The molecule has 0 aromatic heterocycles. The van der Waals surface area contributed by atoms with Crippen LogP contribution in [-0.2, 0) is 35.5 Å². The maximum absolute atomic E-state index is 13.8. The van der Waals surface area contributed by atoms with Crippen LogP contribution in [0.15, 0.2) is 34.1 Å². The van der Waals surface area contributed by atoms with Gasteiger partial charge in [-0.2, -0.15) is 0 Å². The zero-order valence-corrected chi connectivity index (χ0v) is 18.9. The average molecular weight is 419 g/mol. The molecule has 2 rings (SSSR count). The number of aromatic hydroxyl groups is 2. The molecule has 0 aliphatic rings. The minimum Gasteiger partial charge on any atom is -0.508 e. The molecular weight excluding hydrogens is 384 g/mol. The minimum absolute atomic E-state index is 0.167. The Hall–Kier alpha value is -2.01. The smallest absolute Gasteiger partial charge is 0.207 e. The monoisotopic (exact) mass is 418 g/mol. The molecule has 2 aromatic carbocycles. The summed E-state index contributed by atoms with van der Waals surface area (Å²) in [5.41, 5.74) is 2.92. The van der Waals surface area contributed by atoms with Crippen LogP contribution in [0.4, 0.5) is 0 Å². The van der Waals surface area contributed by atoms with Gasteiger partial charge < -0.3 is 10.2 Å². The van der Waals surface area contributed by atoms with Gasteiger partial charge in [-0.15, -0.1) is 0 Å². The Morgan fingerprint density at radius 1 is 0.586 bits per heavy atom. The molecule has 4 nitrogen and oxygen atoms in total. The van der Waals surface area contributed by atoms with E-state index in [9.17, 15) is 18.6 Å². The molecule has 2 aromatic rings. The highest BCUT2D eigenvalue weighted by molar-refractivity contribution is 7.91. The third kappa shape index (κ3) is 4.77. The van der Waals surface area contributed by atoms with Crippen molar-refractivity contribution in [2.45, 2.75) is 88.9 Å². The van der Waals surface area contributed by atoms with E-state index in [0.29, 0.717) is 25.7 Å². The molecule has 29 heavy (non-hydrogen) atoms. The Labute approximate surface area is 175 Å². The largest absolute Gasteiger partial charge is 0.508 e. The number of phenolic OH excluding ortho intramolecular Hbond substituents is 2. The van der Waals surface area contributed by atoms with Crippen LogP contribution in [0, 0.1) is 0 Å². The highest BCUT2D eigenvalue weighted by Crippen LogP contribution is 2.37. The third-order valence-corrected chi connectivity index (χ3v) is 7.23. The molecule has 0 aliphatic heterocycles. The maximum Gasteiger partial charge on any atom is 0.207 e. The minimum atomic E-state index is -3.78. The fourth-order valence-corrected chi connectivity index (χ4v) is 5.88. The first-order chi connectivity index (χ1) is 13.8. The van der Waals surface area contributed by atoms with Crippen molar-refractivity contribution in [3.05, 3.63) is 46.5 Å². The van der Waals surface area contributed by atoms with Gasteiger partial charge in [-0.3, -0.25) is 0 Å². The zero-order valence-electron chi connectivity index (χ0n) is 18.1. The number of hydrogen-bond donors (Lipinski definition) is 2. The van der Waals surface area contributed by atoms with E-state index in [1.807, 2.05) is 27.7 Å². The lowest BCUT2D eigenvalue weighted by molar-refractivity contribution is 0.465. The molecule has 0 saturated heterocycles. The first kappa shape index (κ1) is 23.3. The highest BCUT2D eigenvalue weighted by atomic mass is 32.2. The van der Waals surface area contributed by atoms with Crippen LogP contribution in [0.1, 0.15) is 75.6 Å². The van der Waals surface area contributed by atoms with Crippen LogP contribution in [0.5, 0.6) is 11.5 Å². The van der Waals surface area contributed by atoms with Gasteiger partial charge in [0.2, 0.25) is 9.84 Å². The van der Waals surface area contributed by atoms with Crippen molar-refractivity contribution in [1.29, 1.82) is 0 Å². The summed E-state index contributed by atoms with van der Waals surface area (Å²) in [5, 5.41) is 20.7. The van der Waals surface area contributed by atoms with Gasteiger partial charge in [0.05, 0.1) is 9.79 Å². The van der Waals surface area contributed by atoms with Crippen molar-refractivity contribution in [2.24, 2.45) is 0 Å². The molecule has 0 spiro atoms. The first-order valence-corrected chi connectivity index (χ1v) is 12.2. The van der Waals surface area contributed by atoms with E-state index in [1.54, 1.807) is 0 Å². The van der Waals surface area contributed by atoms with Crippen LogP contribution >= 0.6 is 0 Å². The van der Waals surface area contributed by atoms with E-state index in [-0.39, 0.29) is 21.3 Å². The van der Waals surface area contributed by atoms with Crippen LogP contribution in [0.3, 0.4) is 0 Å². The van der Waals surface area contributed by atoms with E-state index in [0.717, 1.165) is 47.9 Å². The second-order valence-corrected chi connectivity index (χ2v) is 9.47. The van der Waals surface area contributed by atoms with Crippen molar-refractivity contribution in [2.75, 3.05) is 0 Å². The molecule has 0 bridgehead atoms. The SMILES string of the molecule is CCCc1c(O)ccc(S(=O)(=O)c2ccc(O)c(CCC)c2CCC)c1CCC. The normalized spacial score (nSPS) is 11.7. The van der Waals surface area contributed by atoms with E-state index in [2.05, 4.69) is 0 Å². The predicted octanol–water partition coefficient (Wildman–Crippen LogP) is 5.74. The molecule has 0 aliphatic carbocycles. The fraction of sp³-hybridized carbons (Fsp3) is 0.500. The van der Waals surface area contributed by atoms with Crippen LogP contribution in [0.2, 0.25) is 0 Å². The summed E-state index contributed by atoms with van der Waals surface area (Å²) in [5.74, 6) is 0.334. The lowest BCUT2D eigenvalue weighted by atomic mass is 9.98. The van der Waals surface area contributed by atoms with Crippen LogP contribution in [0.25, 0.3) is 0 Å². The third-order valence-electron chi connectivity index (χ3n) is 5.31. The summed E-state index contributed by atoms with van der Waals surface area (Å²) in [6.07, 6.45) is 5.72. The summed E-state index contributed by atoms with van der Waals surface area (Å²) in [7, 11) is -3.78. The van der Waals surface area contributed by atoms with Crippen LogP contribution < -0.4 is 0 Å². The lowest BCUT2D eigenvalue weighted by Gasteiger charge is -2.20. The number of hydrogen-bond acceptors (Lipinski definition) is 4. The summed E-state index contributed by atoms with van der Waals surface area (Å²) in [4.78, 5) is 0.567. The van der Waals surface area contributed by atoms with Crippen molar-refractivity contribution < 1.29 is 18.6 Å². The lowest BCUT2D eigenvalue weighted by Crippen LogP contribution is -2.12. The van der Waals surface area contributed by atoms with Crippen molar-refractivity contribution in [1.82, 2.24) is 0 Å². The Morgan fingerprint density at radius 3 is 1.21 bits per heavy atom. The van der Waals surface area contributed by atoms with E-state index in [1.165, 1.54) is 24.3 Å². The fourth-order valence-electron chi connectivity index (χ4n) is 4.05. The molecule has 2 N–H and O–H groups in total. The number of sulfone groups is 1. The molecule has 0 atom stereocenters. The highest BCUT2D eigenvalue weighted by Gasteiger charge is 2.28. The maximum atomic E-state index is 13.8. The molecule has 160 valence electrons. The summed E-state index contributed by atoms with van der Waals surface area (Å²) >= 11 is 0. The van der Waals surface area contributed by atoms with Gasteiger partial charge in [0.25, 0.3) is 0 Å². The van der Waals surface area contributed by atoms with Crippen molar-refractivity contribution >= 4 is 9.84 Å². The van der Waals surface area contributed by atoms with E-state index < -0.39 is 9.84 Å². The van der Waals surface area contributed by atoms with Crippen molar-refractivity contribution in [3.63, 3.8) is 0 Å². The Kier molecular flexibility index (Phi) is 8.14. The Bertz CT molecular complexity index is 874. The van der Waals surface area contributed by atoms with E-state index in [4.69, 9.17) is 0 Å². The van der Waals surface area contributed by atoms with Gasteiger partial charge in [-0.1, -0.05) is 53.4 Å². The molecule has 0 heterocycles. The van der Waals surface area contributed by atoms with Crippen LogP contribution in [-0.4, -0.2) is 18.6 Å². The quantitative estimate of drug-likeness (QED) is 0.516. The second kappa shape index (κ2) is 10.1. The van der Waals surface area contributed by atoms with Gasteiger partial charge in [0, 0.05) is 0 Å². The molecular formula is C24H34O4S. The van der Waals surface area contributed by atoms with E-state index >= 15 is 0 Å². The molecule has 5 heteroatoms. The van der Waals surface area contributed by atoms with Gasteiger partial charge in [0.15, 0.2) is 0 Å². The number of rotatable bonds is 10. The molecule has 0 radical (unpaired) electrons. The number of benzene rings is 2. The molecule has 0 fully saturated rings. The first-order valence-electron chi connectivity index (χ1n) is 10.8. The average Bonchev–Trinajstić information content (AvgIpc) is 2.67. The topological polar surface area (TPSA) is 74.6 Å². The van der Waals surface area contributed by atoms with Gasteiger partial charge in [0.1, 0.15) is 11.5 Å².